The van der Waals surface area contributed by atoms with Crippen LogP contribution in [0, 0.1) is 17.0 Å². The van der Waals surface area contributed by atoms with Crippen molar-refractivity contribution in [1.29, 1.82) is 0 Å². The Morgan fingerprint density at radius 2 is 2.05 bits per heavy atom. The fourth-order valence-corrected chi connectivity index (χ4v) is 2.45. The van der Waals surface area contributed by atoms with Crippen LogP contribution < -0.4 is 5.32 Å². The number of non-ortho nitro benzene ring substituents is 1. The van der Waals surface area contributed by atoms with Crippen LogP contribution in [0.2, 0.25) is 0 Å². The van der Waals surface area contributed by atoms with Gasteiger partial charge in [0.1, 0.15) is 0 Å². The second-order valence-electron chi connectivity index (χ2n) is 5.34. The third kappa shape index (κ3) is 3.63. The van der Waals surface area contributed by atoms with E-state index in [2.05, 4.69) is 24.3 Å². The van der Waals surface area contributed by atoms with E-state index in [9.17, 15) is 10.1 Å². The van der Waals surface area contributed by atoms with Gasteiger partial charge >= 0.3 is 0 Å². The summed E-state index contributed by atoms with van der Waals surface area (Å²) in [5.41, 5.74) is 2.76. The van der Waals surface area contributed by atoms with Crippen LogP contribution in [-0.4, -0.2) is 10.1 Å². The molecule has 1 aromatic carbocycles. The largest absolute Gasteiger partial charge is 0.377 e. The van der Waals surface area contributed by atoms with Crippen LogP contribution in [-0.2, 0) is 6.54 Å². The molecule has 1 aromatic heterocycles. The van der Waals surface area contributed by atoms with Gasteiger partial charge in [-0.25, -0.2) is 0 Å². The summed E-state index contributed by atoms with van der Waals surface area (Å²) in [5, 5.41) is 18.1. The molecule has 0 saturated carbocycles. The van der Waals surface area contributed by atoms with E-state index >= 15 is 0 Å². The predicted octanol–water partition coefficient (Wildman–Crippen LogP) is 4.41. The number of nitrogens with zero attached hydrogens (tertiary/aromatic N) is 2. The number of hydrogen-bond donors (Lipinski definition) is 1. The molecule has 6 nitrogen and oxygen atoms in total. The highest BCUT2D eigenvalue weighted by molar-refractivity contribution is 5.55. The molecular weight excluding hydrogens is 282 g/mol. The Morgan fingerprint density at radius 3 is 2.64 bits per heavy atom. The highest BCUT2D eigenvalue weighted by Gasteiger charge is 2.13. The summed E-state index contributed by atoms with van der Waals surface area (Å²) in [5.74, 6) is 1.19. The van der Waals surface area contributed by atoms with Gasteiger partial charge in [-0.15, -0.1) is 0 Å². The maximum absolute atomic E-state index is 10.7. The molecule has 0 radical (unpaired) electrons. The minimum absolute atomic E-state index is 0.0961. The third-order valence-electron chi connectivity index (χ3n) is 3.85. The SMILES string of the molecule is CCC(CC)c1cc(CNc2ccc([N+](=O)[O-])cc2C)on1. The molecule has 0 aliphatic rings. The fourth-order valence-electron chi connectivity index (χ4n) is 2.45. The van der Waals surface area contributed by atoms with E-state index in [-0.39, 0.29) is 5.69 Å². The first-order valence-electron chi connectivity index (χ1n) is 7.49. The lowest BCUT2D eigenvalue weighted by Gasteiger charge is -2.07. The van der Waals surface area contributed by atoms with Gasteiger partial charge in [0.25, 0.3) is 5.69 Å². The number of hydrogen-bond acceptors (Lipinski definition) is 5. The summed E-state index contributed by atoms with van der Waals surface area (Å²) >= 11 is 0. The van der Waals surface area contributed by atoms with Crippen LogP contribution in [0.25, 0.3) is 0 Å². The maximum Gasteiger partial charge on any atom is 0.269 e. The fraction of sp³-hybridized carbons (Fsp3) is 0.438. The molecule has 6 heteroatoms. The molecule has 0 amide bonds. The third-order valence-corrected chi connectivity index (χ3v) is 3.85. The van der Waals surface area contributed by atoms with E-state index < -0.39 is 4.92 Å². The van der Waals surface area contributed by atoms with Crippen LogP contribution >= 0.6 is 0 Å². The smallest absolute Gasteiger partial charge is 0.269 e. The number of aromatic nitrogens is 1. The summed E-state index contributed by atoms with van der Waals surface area (Å²) in [4.78, 5) is 10.3. The molecule has 2 aromatic rings. The molecule has 2 rings (SSSR count). The number of rotatable bonds is 7. The minimum Gasteiger partial charge on any atom is -0.377 e. The summed E-state index contributed by atoms with van der Waals surface area (Å²) in [6.45, 7) is 6.62. The Morgan fingerprint density at radius 1 is 1.32 bits per heavy atom. The molecule has 0 saturated heterocycles. The monoisotopic (exact) mass is 303 g/mol. The molecule has 0 unspecified atom stereocenters. The van der Waals surface area contributed by atoms with Crippen molar-refractivity contribution in [3.8, 4) is 0 Å². The van der Waals surface area contributed by atoms with Gasteiger partial charge in [-0.2, -0.15) is 0 Å². The van der Waals surface area contributed by atoms with E-state index in [0.717, 1.165) is 35.5 Å². The number of nitro benzene ring substituents is 1. The molecule has 0 bridgehead atoms. The molecule has 0 fully saturated rings. The quantitative estimate of drug-likeness (QED) is 0.605. The number of nitrogens with one attached hydrogen (secondary N) is 1. The van der Waals surface area contributed by atoms with E-state index in [1.165, 1.54) is 6.07 Å². The lowest BCUT2D eigenvalue weighted by molar-refractivity contribution is -0.384. The van der Waals surface area contributed by atoms with Crippen molar-refractivity contribution in [3.63, 3.8) is 0 Å². The first kappa shape index (κ1) is 16.0. The van der Waals surface area contributed by atoms with Gasteiger partial charge in [-0.1, -0.05) is 19.0 Å². The minimum atomic E-state index is -0.394. The molecule has 118 valence electrons. The Hall–Kier alpha value is -2.37. The molecule has 0 spiro atoms. The molecule has 0 aliphatic heterocycles. The van der Waals surface area contributed by atoms with Gasteiger partial charge in [0.15, 0.2) is 5.76 Å². The lowest BCUT2D eigenvalue weighted by Crippen LogP contribution is -2.01. The zero-order chi connectivity index (χ0) is 16.1. The maximum atomic E-state index is 10.7. The van der Waals surface area contributed by atoms with Crippen molar-refractivity contribution >= 4 is 11.4 Å². The van der Waals surface area contributed by atoms with E-state index in [0.29, 0.717) is 12.5 Å². The molecule has 1 N–H and O–H groups in total. The number of nitro groups is 1. The number of benzene rings is 1. The number of anilines is 1. The zero-order valence-corrected chi connectivity index (χ0v) is 13.1. The van der Waals surface area contributed by atoms with Crippen LogP contribution in [0.1, 0.15) is 49.6 Å². The number of aryl methyl sites for hydroxylation is 1. The molecule has 0 aliphatic carbocycles. The van der Waals surface area contributed by atoms with Crippen LogP contribution in [0.4, 0.5) is 11.4 Å². The summed E-state index contributed by atoms with van der Waals surface area (Å²) in [7, 11) is 0. The van der Waals surface area contributed by atoms with Crippen LogP contribution in [0.3, 0.4) is 0 Å². The second-order valence-corrected chi connectivity index (χ2v) is 5.34. The molecular formula is C16H21N3O3. The lowest BCUT2D eigenvalue weighted by atomic mass is 9.99. The van der Waals surface area contributed by atoms with E-state index in [1.54, 1.807) is 12.1 Å². The predicted molar refractivity (Wildman–Crippen MR) is 85.0 cm³/mol. The van der Waals surface area contributed by atoms with Crippen LogP contribution in [0.15, 0.2) is 28.8 Å². The van der Waals surface area contributed by atoms with E-state index in [4.69, 9.17) is 4.52 Å². The highest BCUT2D eigenvalue weighted by Crippen LogP contribution is 2.24. The van der Waals surface area contributed by atoms with Crippen LogP contribution in [0.5, 0.6) is 0 Å². The average molecular weight is 303 g/mol. The standard InChI is InChI=1S/C16H21N3O3/c1-4-12(5-2)16-9-14(22-18-16)10-17-15-7-6-13(19(20)21)8-11(15)3/h6-9,12,17H,4-5,10H2,1-3H3. The second kappa shape index (κ2) is 7.06. The van der Waals surface area contributed by atoms with Gasteiger partial charge in [-0.3, -0.25) is 10.1 Å². The summed E-state index contributed by atoms with van der Waals surface area (Å²) in [6, 6.07) is 6.74. The highest BCUT2D eigenvalue weighted by atomic mass is 16.6. The van der Waals surface area contributed by atoms with Gasteiger partial charge in [0.05, 0.1) is 17.2 Å². The molecule has 0 atom stereocenters. The molecule has 22 heavy (non-hydrogen) atoms. The van der Waals surface area contributed by atoms with Crippen molar-refractivity contribution in [2.45, 2.75) is 46.1 Å². The van der Waals surface area contributed by atoms with Gasteiger partial charge in [-0.05, 0) is 31.4 Å². The van der Waals surface area contributed by atoms with Crippen molar-refractivity contribution in [2.24, 2.45) is 0 Å². The molecule has 1 heterocycles. The first-order valence-corrected chi connectivity index (χ1v) is 7.49. The Kier molecular flexibility index (Phi) is 5.14. The van der Waals surface area contributed by atoms with Gasteiger partial charge < -0.3 is 9.84 Å². The summed E-state index contributed by atoms with van der Waals surface area (Å²) in [6.07, 6.45) is 2.08. The zero-order valence-electron chi connectivity index (χ0n) is 13.1. The van der Waals surface area contributed by atoms with Crippen molar-refractivity contribution in [1.82, 2.24) is 5.16 Å². The normalized spacial score (nSPS) is 10.9. The van der Waals surface area contributed by atoms with Gasteiger partial charge in [0, 0.05) is 29.8 Å². The van der Waals surface area contributed by atoms with Crippen molar-refractivity contribution in [3.05, 3.63) is 51.4 Å². The first-order chi connectivity index (χ1) is 10.5. The Labute approximate surface area is 129 Å². The van der Waals surface area contributed by atoms with E-state index in [1.807, 2.05) is 13.0 Å². The van der Waals surface area contributed by atoms with Crippen molar-refractivity contribution in [2.75, 3.05) is 5.32 Å². The topological polar surface area (TPSA) is 81.2 Å². The average Bonchev–Trinajstić information content (AvgIpc) is 2.96. The van der Waals surface area contributed by atoms with Gasteiger partial charge in [0.2, 0.25) is 0 Å². The Balaban J connectivity index is 2.03. The Bertz CT molecular complexity index is 648. The van der Waals surface area contributed by atoms with Crippen molar-refractivity contribution < 1.29 is 9.45 Å². The summed E-state index contributed by atoms with van der Waals surface area (Å²) < 4.78 is 5.35.